The summed E-state index contributed by atoms with van der Waals surface area (Å²) in [5, 5.41) is 16.6. The van der Waals surface area contributed by atoms with Crippen molar-refractivity contribution >= 4 is 11.8 Å². The van der Waals surface area contributed by atoms with Gasteiger partial charge in [0.25, 0.3) is 0 Å². The Morgan fingerprint density at radius 3 is 2.71 bits per heavy atom. The first-order valence-corrected chi connectivity index (χ1v) is 5.41. The van der Waals surface area contributed by atoms with Gasteiger partial charge >= 0.3 is 6.18 Å². The van der Waals surface area contributed by atoms with Gasteiger partial charge in [0.05, 0.1) is 11.9 Å². The SMILES string of the molecule is Cn1c(SCc2cn[nH]n2)nnc1C(F)(F)F. The third-order valence-corrected chi connectivity index (χ3v) is 2.96. The zero-order chi connectivity index (χ0) is 12.5. The van der Waals surface area contributed by atoms with E-state index >= 15 is 0 Å². The monoisotopic (exact) mass is 264 g/mol. The summed E-state index contributed by atoms with van der Waals surface area (Å²) in [5.74, 6) is -0.638. The molecule has 0 bridgehead atoms. The van der Waals surface area contributed by atoms with Crippen LogP contribution < -0.4 is 0 Å². The molecule has 0 fully saturated rings. The standard InChI is InChI=1S/C7H7F3N6S/c1-16-5(7(8,9)10)13-14-6(16)17-3-4-2-11-15-12-4/h2H,3H2,1H3,(H,11,12,15). The smallest absolute Gasteiger partial charge is 0.302 e. The van der Waals surface area contributed by atoms with Crippen LogP contribution in [0.25, 0.3) is 0 Å². The summed E-state index contributed by atoms with van der Waals surface area (Å²) >= 11 is 1.11. The lowest BCUT2D eigenvalue weighted by atomic mass is 10.6. The van der Waals surface area contributed by atoms with Gasteiger partial charge in [0.2, 0.25) is 5.82 Å². The molecule has 0 atom stereocenters. The highest BCUT2D eigenvalue weighted by molar-refractivity contribution is 7.98. The Hall–Kier alpha value is -1.58. The van der Waals surface area contributed by atoms with E-state index in [1.807, 2.05) is 0 Å². The van der Waals surface area contributed by atoms with Crippen LogP contribution in [0, 0.1) is 0 Å². The molecule has 92 valence electrons. The van der Waals surface area contributed by atoms with Gasteiger partial charge in [-0.3, -0.25) is 0 Å². The normalized spacial score (nSPS) is 12.0. The van der Waals surface area contributed by atoms with E-state index in [-0.39, 0.29) is 5.16 Å². The molecule has 0 unspecified atom stereocenters. The molecule has 0 radical (unpaired) electrons. The van der Waals surface area contributed by atoms with Gasteiger partial charge in [-0.15, -0.1) is 10.2 Å². The van der Waals surface area contributed by atoms with Crippen LogP contribution in [0.1, 0.15) is 11.5 Å². The van der Waals surface area contributed by atoms with Crippen molar-refractivity contribution in [3.05, 3.63) is 17.7 Å². The number of nitrogens with one attached hydrogen (secondary N) is 1. The van der Waals surface area contributed by atoms with E-state index in [0.29, 0.717) is 11.4 Å². The molecule has 0 amide bonds. The van der Waals surface area contributed by atoms with Crippen molar-refractivity contribution < 1.29 is 13.2 Å². The van der Waals surface area contributed by atoms with Gasteiger partial charge in [-0.05, 0) is 0 Å². The van der Waals surface area contributed by atoms with Crippen LogP contribution in [0.2, 0.25) is 0 Å². The third kappa shape index (κ3) is 2.57. The van der Waals surface area contributed by atoms with Crippen molar-refractivity contribution in [2.45, 2.75) is 17.1 Å². The Balaban J connectivity index is 2.10. The average Bonchev–Trinajstić information content (AvgIpc) is 2.83. The molecule has 0 aliphatic carbocycles. The van der Waals surface area contributed by atoms with Gasteiger partial charge in [-0.1, -0.05) is 11.8 Å². The molecule has 0 saturated heterocycles. The highest BCUT2D eigenvalue weighted by atomic mass is 32.2. The summed E-state index contributed by atoms with van der Waals surface area (Å²) in [4.78, 5) is 0. The van der Waals surface area contributed by atoms with E-state index in [0.717, 1.165) is 16.3 Å². The van der Waals surface area contributed by atoms with E-state index in [4.69, 9.17) is 0 Å². The van der Waals surface area contributed by atoms with E-state index in [1.54, 1.807) is 0 Å². The Morgan fingerprint density at radius 1 is 1.41 bits per heavy atom. The molecule has 0 aliphatic rings. The summed E-state index contributed by atoms with van der Waals surface area (Å²) in [6.45, 7) is 0. The molecule has 0 saturated carbocycles. The number of thioether (sulfide) groups is 1. The molecule has 2 rings (SSSR count). The first kappa shape index (κ1) is 11.9. The number of H-pyrrole nitrogens is 1. The summed E-state index contributed by atoms with van der Waals surface area (Å²) in [5.41, 5.74) is 0.631. The molecule has 6 nitrogen and oxygen atoms in total. The van der Waals surface area contributed by atoms with Gasteiger partial charge in [0.1, 0.15) is 0 Å². The number of hydrogen-bond acceptors (Lipinski definition) is 5. The van der Waals surface area contributed by atoms with E-state index in [2.05, 4.69) is 25.6 Å². The maximum absolute atomic E-state index is 12.4. The second kappa shape index (κ2) is 4.35. The molecular formula is C7H7F3N6S. The Kier molecular flexibility index (Phi) is 3.05. The lowest BCUT2D eigenvalue weighted by Gasteiger charge is -2.05. The lowest BCUT2D eigenvalue weighted by molar-refractivity contribution is -0.147. The second-order valence-corrected chi connectivity index (χ2v) is 4.06. The molecular weight excluding hydrogens is 257 g/mol. The molecule has 10 heteroatoms. The second-order valence-electron chi connectivity index (χ2n) is 3.11. The molecule has 0 aromatic carbocycles. The van der Waals surface area contributed by atoms with Gasteiger partial charge in [0.15, 0.2) is 5.16 Å². The third-order valence-electron chi connectivity index (χ3n) is 1.90. The van der Waals surface area contributed by atoms with Crippen molar-refractivity contribution in [1.82, 2.24) is 30.2 Å². The summed E-state index contributed by atoms with van der Waals surface area (Å²) < 4.78 is 38.2. The largest absolute Gasteiger partial charge is 0.451 e. The Morgan fingerprint density at radius 2 is 2.18 bits per heavy atom. The minimum atomic E-state index is -4.49. The first-order valence-electron chi connectivity index (χ1n) is 4.42. The zero-order valence-electron chi connectivity index (χ0n) is 8.56. The fraction of sp³-hybridized carbons (Fsp3) is 0.429. The predicted molar refractivity (Wildman–Crippen MR) is 51.9 cm³/mol. The van der Waals surface area contributed by atoms with Crippen molar-refractivity contribution in [3.63, 3.8) is 0 Å². The highest BCUT2D eigenvalue weighted by Crippen LogP contribution is 2.30. The number of hydrogen-bond donors (Lipinski definition) is 1. The van der Waals surface area contributed by atoms with Crippen LogP contribution in [-0.2, 0) is 19.0 Å². The van der Waals surface area contributed by atoms with Crippen LogP contribution in [-0.4, -0.2) is 30.2 Å². The van der Waals surface area contributed by atoms with Gasteiger partial charge in [-0.25, -0.2) is 0 Å². The maximum Gasteiger partial charge on any atom is 0.451 e. The average molecular weight is 264 g/mol. The molecule has 2 heterocycles. The highest BCUT2D eigenvalue weighted by Gasteiger charge is 2.37. The Labute approximate surface area is 97.6 Å². The van der Waals surface area contributed by atoms with Crippen LogP contribution in [0.3, 0.4) is 0 Å². The van der Waals surface area contributed by atoms with Crippen molar-refractivity contribution in [3.8, 4) is 0 Å². The van der Waals surface area contributed by atoms with Crippen LogP contribution in [0.5, 0.6) is 0 Å². The number of aromatic nitrogens is 6. The van der Waals surface area contributed by atoms with Crippen LogP contribution >= 0.6 is 11.8 Å². The van der Waals surface area contributed by atoms with Gasteiger partial charge in [-0.2, -0.15) is 28.6 Å². The summed E-state index contributed by atoms with van der Waals surface area (Å²) in [7, 11) is 1.27. The van der Waals surface area contributed by atoms with E-state index < -0.39 is 12.0 Å². The van der Waals surface area contributed by atoms with Crippen molar-refractivity contribution in [2.75, 3.05) is 0 Å². The number of nitrogens with zero attached hydrogens (tertiary/aromatic N) is 5. The topological polar surface area (TPSA) is 72.3 Å². The van der Waals surface area contributed by atoms with Gasteiger partial charge in [0, 0.05) is 12.8 Å². The Bertz CT molecular complexity index is 490. The summed E-state index contributed by atoms with van der Waals surface area (Å²) in [6, 6.07) is 0. The van der Waals surface area contributed by atoms with E-state index in [1.165, 1.54) is 13.2 Å². The maximum atomic E-state index is 12.4. The van der Waals surface area contributed by atoms with Crippen molar-refractivity contribution in [2.24, 2.45) is 7.05 Å². The van der Waals surface area contributed by atoms with Gasteiger partial charge < -0.3 is 4.57 Å². The fourth-order valence-electron chi connectivity index (χ4n) is 1.12. The minimum Gasteiger partial charge on any atom is -0.302 e. The van der Waals surface area contributed by atoms with Crippen LogP contribution in [0.4, 0.5) is 13.2 Å². The summed E-state index contributed by atoms with van der Waals surface area (Å²) in [6.07, 6.45) is -3.00. The minimum absolute atomic E-state index is 0.181. The number of alkyl halides is 3. The molecule has 2 aromatic heterocycles. The molecule has 0 aliphatic heterocycles. The van der Waals surface area contributed by atoms with Crippen molar-refractivity contribution in [1.29, 1.82) is 0 Å². The molecule has 0 spiro atoms. The molecule has 1 N–H and O–H groups in total. The number of halogens is 3. The quantitative estimate of drug-likeness (QED) is 0.844. The number of aromatic amines is 1. The zero-order valence-corrected chi connectivity index (χ0v) is 9.38. The molecule has 2 aromatic rings. The predicted octanol–water partition coefficient (Wildman–Crippen LogP) is 1.24. The van der Waals surface area contributed by atoms with E-state index in [9.17, 15) is 13.2 Å². The first-order chi connectivity index (χ1) is 7.98. The van der Waals surface area contributed by atoms with Crippen LogP contribution in [0.15, 0.2) is 11.4 Å². The molecule has 17 heavy (non-hydrogen) atoms. The fourth-order valence-corrected chi connectivity index (χ4v) is 1.92. The number of rotatable bonds is 3. The lowest BCUT2D eigenvalue weighted by Crippen LogP contribution is -2.12.